The zero-order valence-electron chi connectivity index (χ0n) is 17.2. The van der Waals surface area contributed by atoms with Crippen LogP contribution in [0.25, 0.3) is 0 Å². The van der Waals surface area contributed by atoms with Crippen LogP contribution in [0.15, 0.2) is 48.0 Å². The molecule has 1 aromatic carbocycles. The van der Waals surface area contributed by atoms with Crippen molar-refractivity contribution in [3.05, 3.63) is 54.1 Å². The van der Waals surface area contributed by atoms with Gasteiger partial charge < -0.3 is 19.9 Å². The van der Waals surface area contributed by atoms with Crippen LogP contribution < -0.4 is 10.6 Å². The molecule has 0 amide bonds. The normalized spacial score (nSPS) is 15.9. The Morgan fingerprint density at radius 1 is 1.29 bits per heavy atom. The van der Waals surface area contributed by atoms with Gasteiger partial charge in [0.05, 0.1) is 12.9 Å². The third kappa shape index (κ3) is 5.83. The molecule has 1 heterocycles. The number of aliphatic imine (C=N–C) groups is 1. The molecule has 0 aliphatic heterocycles. The number of hydrogen-bond acceptors (Lipinski definition) is 3. The minimum absolute atomic E-state index is 0.372. The van der Waals surface area contributed by atoms with Gasteiger partial charge in [-0.1, -0.05) is 30.7 Å². The highest BCUT2D eigenvalue weighted by molar-refractivity contribution is 5.79. The van der Waals surface area contributed by atoms with Crippen molar-refractivity contribution in [1.82, 2.24) is 20.2 Å². The SMILES string of the molecule is CCNC(=NCc1cccc(Cn2ccnc2)c1)NCC1(CCOC)CCC1. The zero-order valence-corrected chi connectivity index (χ0v) is 17.2. The van der Waals surface area contributed by atoms with Crippen molar-refractivity contribution < 1.29 is 4.74 Å². The fourth-order valence-electron chi connectivity index (χ4n) is 3.71. The third-order valence-electron chi connectivity index (χ3n) is 5.56. The molecule has 1 aromatic heterocycles. The highest BCUT2D eigenvalue weighted by atomic mass is 16.5. The van der Waals surface area contributed by atoms with Crippen LogP contribution in [0.3, 0.4) is 0 Å². The van der Waals surface area contributed by atoms with Gasteiger partial charge in [0.2, 0.25) is 0 Å². The highest BCUT2D eigenvalue weighted by Crippen LogP contribution is 2.43. The second-order valence-corrected chi connectivity index (χ2v) is 7.70. The Bertz CT molecular complexity index is 737. The van der Waals surface area contributed by atoms with Gasteiger partial charge in [0.25, 0.3) is 0 Å². The molecule has 6 heteroatoms. The van der Waals surface area contributed by atoms with E-state index < -0.39 is 0 Å². The molecule has 0 saturated heterocycles. The van der Waals surface area contributed by atoms with Gasteiger partial charge in [-0.2, -0.15) is 0 Å². The smallest absolute Gasteiger partial charge is 0.191 e. The van der Waals surface area contributed by atoms with Crippen molar-refractivity contribution in [3.8, 4) is 0 Å². The maximum Gasteiger partial charge on any atom is 0.191 e. The molecule has 28 heavy (non-hydrogen) atoms. The van der Waals surface area contributed by atoms with Crippen molar-refractivity contribution >= 4 is 5.96 Å². The maximum absolute atomic E-state index is 5.30. The molecule has 1 saturated carbocycles. The van der Waals surface area contributed by atoms with Gasteiger partial charge in [-0.25, -0.2) is 9.98 Å². The number of hydrogen-bond donors (Lipinski definition) is 2. The summed E-state index contributed by atoms with van der Waals surface area (Å²) in [6, 6.07) is 8.61. The lowest BCUT2D eigenvalue weighted by atomic mass is 9.67. The van der Waals surface area contributed by atoms with E-state index in [1.54, 1.807) is 7.11 Å². The molecule has 1 aliphatic rings. The summed E-state index contributed by atoms with van der Waals surface area (Å²) in [5, 5.41) is 6.94. The first-order chi connectivity index (χ1) is 13.7. The quantitative estimate of drug-likeness (QED) is 0.489. The minimum Gasteiger partial charge on any atom is -0.385 e. The van der Waals surface area contributed by atoms with E-state index in [0.717, 1.165) is 38.6 Å². The van der Waals surface area contributed by atoms with E-state index in [4.69, 9.17) is 9.73 Å². The molecular weight excluding hydrogens is 350 g/mol. The Morgan fingerprint density at radius 3 is 2.82 bits per heavy atom. The van der Waals surface area contributed by atoms with Crippen LogP contribution in [0.2, 0.25) is 0 Å². The molecule has 0 unspecified atom stereocenters. The lowest BCUT2D eigenvalue weighted by Gasteiger charge is -2.42. The molecule has 6 nitrogen and oxygen atoms in total. The van der Waals surface area contributed by atoms with Crippen LogP contribution in [-0.4, -0.2) is 42.3 Å². The van der Waals surface area contributed by atoms with Crippen molar-refractivity contribution in [2.75, 3.05) is 26.8 Å². The number of imidazole rings is 1. The summed E-state index contributed by atoms with van der Waals surface area (Å²) in [6.07, 6.45) is 10.6. The molecule has 1 aliphatic carbocycles. The van der Waals surface area contributed by atoms with E-state index in [9.17, 15) is 0 Å². The summed E-state index contributed by atoms with van der Waals surface area (Å²) in [5.74, 6) is 0.895. The first kappa shape index (κ1) is 20.4. The van der Waals surface area contributed by atoms with E-state index in [-0.39, 0.29) is 0 Å². The van der Waals surface area contributed by atoms with Crippen LogP contribution in [-0.2, 0) is 17.8 Å². The number of benzene rings is 1. The van der Waals surface area contributed by atoms with Crippen molar-refractivity contribution in [2.24, 2.45) is 10.4 Å². The molecule has 3 rings (SSSR count). The molecule has 0 spiro atoms. The second kappa shape index (κ2) is 10.3. The number of ether oxygens (including phenoxy) is 1. The van der Waals surface area contributed by atoms with Crippen LogP contribution in [0, 0.1) is 5.41 Å². The summed E-state index contributed by atoms with van der Waals surface area (Å²) in [6.45, 7) is 6.25. The largest absolute Gasteiger partial charge is 0.385 e. The van der Waals surface area contributed by atoms with E-state index in [1.807, 2.05) is 18.7 Å². The van der Waals surface area contributed by atoms with Crippen molar-refractivity contribution in [3.63, 3.8) is 0 Å². The molecule has 0 radical (unpaired) electrons. The average Bonchev–Trinajstić information content (AvgIpc) is 3.18. The summed E-state index contributed by atoms with van der Waals surface area (Å²) in [4.78, 5) is 8.92. The van der Waals surface area contributed by atoms with E-state index in [2.05, 4.69) is 51.4 Å². The van der Waals surface area contributed by atoms with Gasteiger partial charge in [0.1, 0.15) is 0 Å². The number of aromatic nitrogens is 2. The van der Waals surface area contributed by atoms with Crippen LogP contribution in [0.4, 0.5) is 0 Å². The molecular formula is C22H33N5O. The molecule has 0 bridgehead atoms. The van der Waals surface area contributed by atoms with Gasteiger partial charge in [-0.15, -0.1) is 0 Å². The first-order valence-corrected chi connectivity index (χ1v) is 10.3. The predicted octanol–water partition coefficient (Wildman–Crippen LogP) is 3.19. The maximum atomic E-state index is 5.30. The Hall–Kier alpha value is -2.34. The fraction of sp³-hybridized carbons (Fsp3) is 0.545. The Kier molecular flexibility index (Phi) is 7.48. The van der Waals surface area contributed by atoms with Gasteiger partial charge >= 0.3 is 0 Å². The first-order valence-electron chi connectivity index (χ1n) is 10.3. The summed E-state index contributed by atoms with van der Waals surface area (Å²) in [5.41, 5.74) is 2.85. The van der Waals surface area contributed by atoms with Crippen LogP contribution >= 0.6 is 0 Å². The van der Waals surface area contributed by atoms with Gasteiger partial charge in [0, 0.05) is 45.7 Å². The minimum atomic E-state index is 0.372. The van der Waals surface area contributed by atoms with Crippen molar-refractivity contribution in [1.29, 1.82) is 0 Å². The zero-order chi connectivity index (χ0) is 19.7. The lowest BCUT2D eigenvalue weighted by molar-refractivity contribution is 0.0732. The van der Waals surface area contributed by atoms with E-state index in [0.29, 0.717) is 12.0 Å². The number of rotatable bonds is 10. The Balaban J connectivity index is 1.58. The summed E-state index contributed by atoms with van der Waals surface area (Å²) >= 11 is 0. The van der Waals surface area contributed by atoms with Gasteiger partial charge in [-0.3, -0.25) is 0 Å². The third-order valence-corrected chi connectivity index (χ3v) is 5.56. The predicted molar refractivity (Wildman–Crippen MR) is 113 cm³/mol. The fourth-order valence-corrected chi connectivity index (χ4v) is 3.71. The average molecular weight is 384 g/mol. The Morgan fingerprint density at radius 2 is 2.14 bits per heavy atom. The standard InChI is InChI=1S/C22H33N5O/c1-3-24-21(26-17-22(8-5-9-22)10-13-28-2)25-15-19-6-4-7-20(14-19)16-27-12-11-23-18-27/h4,6-7,11-12,14,18H,3,5,8-10,13,15-17H2,1-2H3,(H2,24,25,26). The van der Waals surface area contributed by atoms with Crippen molar-refractivity contribution in [2.45, 2.75) is 45.7 Å². The molecule has 2 aromatic rings. The molecule has 0 atom stereocenters. The second-order valence-electron chi connectivity index (χ2n) is 7.70. The number of nitrogens with zero attached hydrogens (tertiary/aromatic N) is 3. The van der Waals surface area contributed by atoms with Crippen LogP contribution in [0.1, 0.15) is 43.7 Å². The number of nitrogens with one attached hydrogen (secondary N) is 2. The monoisotopic (exact) mass is 383 g/mol. The Labute approximate surface area is 168 Å². The van der Waals surface area contributed by atoms with Gasteiger partial charge in [0.15, 0.2) is 5.96 Å². The molecule has 152 valence electrons. The van der Waals surface area contributed by atoms with Crippen LogP contribution in [0.5, 0.6) is 0 Å². The topological polar surface area (TPSA) is 63.5 Å². The molecule has 1 fully saturated rings. The molecule has 2 N–H and O–H groups in total. The highest BCUT2D eigenvalue weighted by Gasteiger charge is 2.36. The number of guanidine groups is 1. The number of methoxy groups -OCH3 is 1. The lowest BCUT2D eigenvalue weighted by Crippen LogP contribution is -2.46. The van der Waals surface area contributed by atoms with Gasteiger partial charge in [-0.05, 0) is 42.7 Å². The van der Waals surface area contributed by atoms with E-state index >= 15 is 0 Å². The summed E-state index contributed by atoms with van der Waals surface area (Å²) in [7, 11) is 1.78. The summed E-state index contributed by atoms with van der Waals surface area (Å²) < 4.78 is 7.38. The van der Waals surface area contributed by atoms with E-state index in [1.165, 1.54) is 30.4 Å².